The van der Waals surface area contributed by atoms with Crippen molar-refractivity contribution >= 4 is 44.4 Å². The van der Waals surface area contributed by atoms with E-state index in [4.69, 9.17) is 9.72 Å². The van der Waals surface area contributed by atoms with E-state index in [9.17, 15) is 4.79 Å². The van der Waals surface area contributed by atoms with Gasteiger partial charge in [0.15, 0.2) is 5.13 Å². The lowest BCUT2D eigenvalue weighted by Gasteiger charge is -2.27. The number of carbonyl (C=O) groups is 1. The lowest BCUT2D eigenvalue weighted by Crippen LogP contribution is -2.39. The molecule has 31 heavy (non-hydrogen) atoms. The van der Waals surface area contributed by atoms with E-state index in [1.165, 1.54) is 10.3 Å². The number of hydrogen-bond donors (Lipinski definition) is 0. The fraction of sp³-hybridized carbons (Fsp3) is 0.417. The number of anilines is 1. The summed E-state index contributed by atoms with van der Waals surface area (Å²) in [5.74, 6) is 0.0206. The lowest BCUT2D eigenvalue weighted by molar-refractivity contribution is 0.0376. The summed E-state index contributed by atoms with van der Waals surface area (Å²) in [6.45, 7) is 9.31. The number of nitrogens with zero attached hydrogens (tertiary/aromatic N) is 3. The molecule has 5 nitrogen and oxygen atoms in total. The van der Waals surface area contributed by atoms with Gasteiger partial charge in [0, 0.05) is 36.6 Å². The minimum atomic E-state index is 0.0206. The van der Waals surface area contributed by atoms with Gasteiger partial charge in [-0.15, -0.1) is 11.8 Å². The molecule has 0 unspecified atom stereocenters. The fourth-order valence-corrected chi connectivity index (χ4v) is 5.43. The molecule has 0 spiro atoms. The highest BCUT2D eigenvalue weighted by atomic mass is 32.2. The van der Waals surface area contributed by atoms with E-state index >= 15 is 0 Å². The average molecular weight is 456 g/mol. The number of benzene rings is 2. The molecule has 1 aromatic heterocycles. The Hall–Kier alpha value is -1.93. The van der Waals surface area contributed by atoms with Crippen molar-refractivity contribution in [1.29, 1.82) is 0 Å². The van der Waals surface area contributed by atoms with Crippen molar-refractivity contribution in [2.24, 2.45) is 0 Å². The van der Waals surface area contributed by atoms with Crippen LogP contribution in [-0.2, 0) is 4.74 Å². The maximum absolute atomic E-state index is 13.6. The molecule has 7 heteroatoms. The molecule has 0 saturated carbocycles. The van der Waals surface area contributed by atoms with Gasteiger partial charge in [0.25, 0.3) is 5.91 Å². The molecule has 0 radical (unpaired) electrons. The van der Waals surface area contributed by atoms with Crippen LogP contribution in [0, 0.1) is 13.8 Å². The summed E-state index contributed by atoms with van der Waals surface area (Å²) in [5.41, 5.74) is 4.07. The molecule has 1 aliphatic rings. The summed E-state index contributed by atoms with van der Waals surface area (Å²) in [6.07, 6.45) is 2.94. The molecule has 0 aliphatic carbocycles. The Bertz CT molecular complexity index is 1020. The van der Waals surface area contributed by atoms with Crippen molar-refractivity contribution in [3.63, 3.8) is 0 Å². The third kappa shape index (κ3) is 5.12. The second-order valence-corrected chi connectivity index (χ2v) is 9.73. The molecule has 1 saturated heterocycles. The minimum Gasteiger partial charge on any atom is -0.379 e. The summed E-state index contributed by atoms with van der Waals surface area (Å²) in [7, 11) is 0. The van der Waals surface area contributed by atoms with Gasteiger partial charge in [0.2, 0.25) is 0 Å². The number of morpholine rings is 1. The molecule has 0 N–H and O–H groups in total. The Labute approximate surface area is 192 Å². The largest absolute Gasteiger partial charge is 0.379 e. The van der Waals surface area contributed by atoms with Crippen molar-refractivity contribution in [3.8, 4) is 0 Å². The van der Waals surface area contributed by atoms with E-state index in [0.29, 0.717) is 12.1 Å². The number of thiazole rings is 1. The summed E-state index contributed by atoms with van der Waals surface area (Å²) in [4.78, 5) is 23.9. The van der Waals surface area contributed by atoms with E-state index in [0.717, 1.165) is 60.4 Å². The van der Waals surface area contributed by atoms with Crippen LogP contribution in [-0.4, -0.2) is 61.4 Å². The highest BCUT2D eigenvalue weighted by Gasteiger charge is 2.23. The van der Waals surface area contributed by atoms with Crippen LogP contribution >= 0.6 is 23.1 Å². The van der Waals surface area contributed by atoms with Crippen LogP contribution in [0.2, 0.25) is 0 Å². The van der Waals surface area contributed by atoms with Crippen molar-refractivity contribution in [3.05, 3.63) is 53.1 Å². The maximum Gasteiger partial charge on any atom is 0.260 e. The number of carbonyl (C=O) groups excluding carboxylic acids is 1. The third-order valence-electron chi connectivity index (χ3n) is 5.68. The molecule has 1 amide bonds. The highest BCUT2D eigenvalue weighted by molar-refractivity contribution is 7.98. The summed E-state index contributed by atoms with van der Waals surface area (Å²) in [5, 5.41) is 0.786. The Morgan fingerprint density at radius 2 is 1.97 bits per heavy atom. The SMILES string of the molecule is CSc1cccc(C(=O)N(CCCN2CCOCC2)c2nc3c(C)ccc(C)c3s2)c1. The van der Waals surface area contributed by atoms with Crippen LogP contribution in [0.3, 0.4) is 0 Å². The first kappa shape index (κ1) is 22.3. The van der Waals surface area contributed by atoms with Gasteiger partial charge in [-0.05, 0) is 55.9 Å². The second-order valence-electron chi connectivity index (χ2n) is 7.87. The first-order valence-corrected chi connectivity index (χ1v) is 12.7. The molecular formula is C24H29N3O2S2. The van der Waals surface area contributed by atoms with Crippen LogP contribution in [0.15, 0.2) is 41.3 Å². The number of rotatable bonds is 7. The van der Waals surface area contributed by atoms with Crippen LogP contribution in [0.4, 0.5) is 5.13 Å². The van der Waals surface area contributed by atoms with Crippen LogP contribution in [0.1, 0.15) is 27.9 Å². The Kier molecular flexibility index (Phi) is 7.27. The standard InChI is InChI=1S/C24H29N3O2S2/c1-17-8-9-18(2)22-21(17)25-24(31-22)27(11-5-10-26-12-14-29-15-13-26)23(28)19-6-4-7-20(16-19)30-3/h4,6-9,16H,5,10-15H2,1-3H3. The van der Waals surface area contributed by atoms with E-state index in [2.05, 4.69) is 30.9 Å². The molecule has 1 aliphatic heterocycles. The molecule has 3 aromatic rings. The second kappa shape index (κ2) is 10.1. The topological polar surface area (TPSA) is 45.7 Å². The van der Waals surface area contributed by atoms with Crippen LogP contribution in [0.25, 0.3) is 10.2 Å². The number of aryl methyl sites for hydroxylation is 2. The summed E-state index contributed by atoms with van der Waals surface area (Å²) in [6, 6.07) is 12.1. The number of amides is 1. The van der Waals surface area contributed by atoms with E-state index in [-0.39, 0.29) is 5.91 Å². The van der Waals surface area contributed by atoms with Gasteiger partial charge < -0.3 is 4.74 Å². The van der Waals surface area contributed by atoms with Gasteiger partial charge in [-0.1, -0.05) is 29.5 Å². The monoisotopic (exact) mass is 455 g/mol. The Morgan fingerprint density at radius 3 is 2.71 bits per heavy atom. The van der Waals surface area contributed by atoms with Crippen LogP contribution in [0.5, 0.6) is 0 Å². The van der Waals surface area contributed by atoms with E-state index in [1.54, 1.807) is 23.1 Å². The van der Waals surface area contributed by atoms with Gasteiger partial charge in [0.1, 0.15) is 0 Å². The quantitative estimate of drug-likeness (QED) is 0.469. The zero-order valence-corrected chi connectivity index (χ0v) is 20.0. The average Bonchev–Trinajstić information content (AvgIpc) is 3.26. The van der Waals surface area contributed by atoms with E-state index in [1.807, 2.05) is 35.4 Å². The lowest BCUT2D eigenvalue weighted by atomic mass is 10.1. The molecule has 1 fully saturated rings. The maximum atomic E-state index is 13.6. The van der Waals surface area contributed by atoms with Gasteiger partial charge in [-0.25, -0.2) is 4.98 Å². The van der Waals surface area contributed by atoms with Gasteiger partial charge in [-0.2, -0.15) is 0 Å². The zero-order valence-electron chi connectivity index (χ0n) is 18.4. The molecule has 0 bridgehead atoms. The third-order valence-corrected chi connectivity index (χ3v) is 7.62. The normalized spacial score (nSPS) is 14.8. The van der Waals surface area contributed by atoms with Gasteiger partial charge in [0.05, 0.1) is 23.4 Å². The Morgan fingerprint density at radius 1 is 1.19 bits per heavy atom. The predicted octanol–water partition coefficient (Wildman–Crippen LogP) is 5.00. The molecule has 4 rings (SSSR count). The van der Waals surface area contributed by atoms with Crippen molar-refractivity contribution in [2.45, 2.75) is 25.2 Å². The first-order valence-electron chi connectivity index (χ1n) is 10.7. The smallest absolute Gasteiger partial charge is 0.260 e. The molecule has 0 atom stereocenters. The van der Waals surface area contributed by atoms with Gasteiger partial charge >= 0.3 is 0 Å². The minimum absolute atomic E-state index is 0.0206. The van der Waals surface area contributed by atoms with Crippen molar-refractivity contribution in [2.75, 3.05) is 50.5 Å². The van der Waals surface area contributed by atoms with E-state index < -0.39 is 0 Å². The zero-order chi connectivity index (χ0) is 21.8. The number of thioether (sulfide) groups is 1. The number of fused-ring (bicyclic) bond motifs is 1. The fourth-order valence-electron chi connectivity index (χ4n) is 3.84. The van der Waals surface area contributed by atoms with Crippen molar-refractivity contribution in [1.82, 2.24) is 9.88 Å². The summed E-state index contributed by atoms with van der Waals surface area (Å²) >= 11 is 3.27. The molecular weight excluding hydrogens is 426 g/mol. The first-order chi connectivity index (χ1) is 15.1. The molecule has 2 heterocycles. The van der Waals surface area contributed by atoms with Crippen molar-refractivity contribution < 1.29 is 9.53 Å². The Balaban J connectivity index is 1.62. The molecule has 2 aromatic carbocycles. The highest BCUT2D eigenvalue weighted by Crippen LogP contribution is 2.34. The number of ether oxygens (including phenoxy) is 1. The predicted molar refractivity (Wildman–Crippen MR) is 131 cm³/mol. The number of aromatic nitrogens is 1. The summed E-state index contributed by atoms with van der Waals surface area (Å²) < 4.78 is 6.62. The number of hydrogen-bond acceptors (Lipinski definition) is 6. The molecule has 164 valence electrons. The van der Waals surface area contributed by atoms with Gasteiger partial charge in [-0.3, -0.25) is 14.6 Å². The van der Waals surface area contributed by atoms with Crippen LogP contribution < -0.4 is 4.90 Å².